The van der Waals surface area contributed by atoms with Crippen molar-refractivity contribution < 1.29 is 9.53 Å². The lowest BCUT2D eigenvalue weighted by atomic mass is 10.1. The molecule has 0 fully saturated rings. The van der Waals surface area contributed by atoms with Crippen LogP contribution in [0.15, 0.2) is 54.6 Å². The van der Waals surface area contributed by atoms with Crippen LogP contribution in [0.2, 0.25) is 0 Å². The first-order valence-corrected chi connectivity index (χ1v) is 8.58. The summed E-state index contributed by atoms with van der Waals surface area (Å²) in [6.07, 6.45) is 0.911. The van der Waals surface area contributed by atoms with Crippen molar-refractivity contribution in [3.8, 4) is 5.75 Å². The Morgan fingerprint density at radius 2 is 1.82 bits per heavy atom. The highest BCUT2D eigenvalue weighted by molar-refractivity contribution is 7.99. The summed E-state index contributed by atoms with van der Waals surface area (Å²) in [7, 11) is 0. The molecule has 0 aliphatic carbocycles. The SMILES string of the molecule is CCc1ccccc1NC(=O)CSCCOc1ccccc1. The highest BCUT2D eigenvalue weighted by Gasteiger charge is 2.05. The van der Waals surface area contributed by atoms with Crippen LogP contribution in [0.3, 0.4) is 0 Å². The van der Waals surface area contributed by atoms with E-state index in [0.29, 0.717) is 12.4 Å². The molecule has 0 radical (unpaired) electrons. The van der Waals surface area contributed by atoms with Crippen LogP contribution in [0, 0.1) is 0 Å². The Balaban J connectivity index is 1.65. The van der Waals surface area contributed by atoms with Crippen molar-refractivity contribution in [3.05, 3.63) is 60.2 Å². The number of hydrogen-bond donors (Lipinski definition) is 1. The molecular weight excluding hydrogens is 294 g/mol. The second-order valence-corrected chi connectivity index (χ2v) is 5.88. The normalized spacial score (nSPS) is 10.2. The molecule has 0 saturated carbocycles. The van der Waals surface area contributed by atoms with E-state index in [1.54, 1.807) is 11.8 Å². The van der Waals surface area contributed by atoms with Gasteiger partial charge >= 0.3 is 0 Å². The maximum atomic E-state index is 11.9. The van der Waals surface area contributed by atoms with Gasteiger partial charge in [0.05, 0.1) is 12.4 Å². The number of thioether (sulfide) groups is 1. The summed E-state index contributed by atoms with van der Waals surface area (Å²) in [4.78, 5) is 11.9. The van der Waals surface area contributed by atoms with Gasteiger partial charge in [-0.3, -0.25) is 4.79 Å². The molecule has 4 heteroatoms. The Morgan fingerprint density at radius 1 is 1.09 bits per heavy atom. The van der Waals surface area contributed by atoms with Crippen LogP contribution in [0.5, 0.6) is 5.75 Å². The quantitative estimate of drug-likeness (QED) is 0.748. The van der Waals surface area contributed by atoms with Crippen molar-refractivity contribution in [2.24, 2.45) is 0 Å². The minimum atomic E-state index is 0.0330. The second kappa shape index (κ2) is 9.15. The molecule has 0 atom stereocenters. The molecule has 3 nitrogen and oxygen atoms in total. The number of hydrogen-bond acceptors (Lipinski definition) is 3. The number of carbonyl (C=O) groups excluding carboxylic acids is 1. The lowest BCUT2D eigenvalue weighted by Gasteiger charge is -2.09. The van der Waals surface area contributed by atoms with E-state index in [1.807, 2.05) is 54.6 Å². The summed E-state index contributed by atoms with van der Waals surface area (Å²) in [6.45, 7) is 2.69. The van der Waals surface area contributed by atoms with Crippen molar-refractivity contribution in [1.29, 1.82) is 0 Å². The number of anilines is 1. The molecule has 0 aliphatic rings. The van der Waals surface area contributed by atoms with Crippen molar-refractivity contribution in [3.63, 3.8) is 0 Å². The predicted molar refractivity (Wildman–Crippen MR) is 93.7 cm³/mol. The van der Waals surface area contributed by atoms with Gasteiger partial charge in [0, 0.05) is 11.4 Å². The van der Waals surface area contributed by atoms with E-state index in [0.717, 1.165) is 29.2 Å². The minimum Gasteiger partial charge on any atom is -0.493 e. The van der Waals surface area contributed by atoms with E-state index in [-0.39, 0.29) is 5.91 Å². The predicted octanol–water partition coefficient (Wildman–Crippen LogP) is 4.00. The molecule has 0 bridgehead atoms. The number of benzene rings is 2. The van der Waals surface area contributed by atoms with Crippen LogP contribution in [-0.4, -0.2) is 24.0 Å². The number of nitrogens with one attached hydrogen (secondary N) is 1. The van der Waals surface area contributed by atoms with E-state index < -0.39 is 0 Å². The van der Waals surface area contributed by atoms with Crippen LogP contribution in [0.1, 0.15) is 12.5 Å². The fraction of sp³-hybridized carbons (Fsp3) is 0.278. The van der Waals surface area contributed by atoms with E-state index in [4.69, 9.17) is 4.74 Å². The Labute approximate surface area is 136 Å². The number of amides is 1. The molecular formula is C18H21NO2S. The largest absolute Gasteiger partial charge is 0.493 e. The Morgan fingerprint density at radius 3 is 2.59 bits per heavy atom. The molecule has 1 amide bonds. The minimum absolute atomic E-state index is 0.0330. The molecule has 116 valence electrons. The molecule has 22 heavy (non-hydrogen) atoms. The maximum Gasteiger partial charge on any atom is 0.234 e. The Hall–Kier alpha value is -1.94. The second-order valence-electron chi connectivity index (χ2n) is 4.77. The van der Waals surface area contributed by atoms with Crippen LogP contribution in [0.4, 0.5) is 5.69 Å². The molecule has 0 unspecified atom stereocenters. The van der Waals surface area contributed by atoms with Gasteiger partial charge in [0.2, 0.25) is 5.91 Å². The van der Waals surface area contributed by atoms with E-state index in [9.17, 15) is 4.79 Å². The molecule has 0 aromatic heterocycles. The molecule has 0 aliphatic heterocycles. The standard InChI is InChI=1S/C18H21NO2S/c1-2-15-8-6-7-11-17(15)19-18(20)14-22-13-12-21-16-9-4-3-5-10-16/h3-11H,2,12-14H2,1H3,(H,19,20). The first kappa shape index (κ1) is 16.4. The van der Waals surface area contributed by atoms with Gasteiger partial charge in [-0.2, -0.15) is 0 Å². The van der Waals surface area contributed by atoms with Crippen molar-refractivity contribution >= 4 is 23.4 Å². The summed E-state index contributed by atoms with van der Waals surface area (Å²) in [5.41, 5.74) is 2.07. The molecule has 0 spiro atoms. The van der Waals surface area contributed by atoms with Gasteiger partial charge < -0.3 is 10.1 Å². The van der Waals surface area contributed by atoms with Crippen LogP contribution in [-0.2, 0) is 11.2 Å². The van der Waals surface area contributed by atoms with Crippen LogP contribution in [0.25, 0.3) is 0 Å². The van der Waals surface area contributed by atoms with Crippen molar-refractivity contribution in [2.75, 3.05) is 23.4 Å². The molecule has 0 heterocycles. The highest BCUT2D eigenvalue weighted by atomic mass is 32.2. The van der Waals surface area contributed by atoms with Crippen LogP contribution < -0.4 is 10.1 Å². The fourth-order valence-corrected chi connectivity index (χ4v) is 2.64. The average Bonchev–Trinajstić information content (AvgIpc) is 2.56. The number of para-hydroxylation sites is 2. The number of carbonyl (C=O) groups is 1. The average molecular weight is 315 g/mol. The third-order valence-electron chi connectivity index (χ3n) is 3.15. The Kier molecular flexibility index (Phi) is 6.84. The number of ether oxygens (including phenoxy) is 1. The maximum absolute atomic E-state index is 11.9. The molecule has 2 aromatic carbocycles. The lowest BCUT2D eigenvalue weighted by molar-refractivity contribution is -0.113. The molecule has 0 saturated heterocycles. The van der Waals surface area contributed by atoms with Crippen molar-refractivity contribution in [1.82, 2.24) is 0 Å². The number of aryl methyl sites for hydroxylation is 1. The summed E-state index contributed by atoms with van der Waals surface area (Å²) < 4.78 is 5.59. The number of rotatable bonds is 8. The summed E-state index contributed by atoms with van der Waals surface area (Å²) in [6, 6.07) is 17.6. The zero-order valence-corrected chi connectivity index (χ0v) is 13.6. The van der Waals surface area contributed by atoms with Gasteiger partial charge in [-0.05, 0) is 30.2 Å². The molecule has 2 rings (SSSR count). The van der Waals surface area contributed by atoms with E-state index >= 15 is 0 Å². The highest BCUT2D eigenvalue weighted by Crippen LogP contribution is 2.16. The smallest absolute Gasteiger partial charge is 0.234 e. The zero-order chi connectivity index (χ0) is 15.6. The third kappa shape index (κ3) is 5.45. The Bertz CT molecular complexity index is 587. The summed E-state index contributed by atoms with van der Waals surface area (Å²) in [5, 5.41) is 2.97. The zero-order valence-electron chi connectivity index (χ0n) is 12.7. The van der Waals surface area contributed by atoms with Gasteiger partial charge in [0.25, 0.3) is 0 Å². The molecule has 1 N–H and O–H groups in total. The first-order valence-electron chi connectivity index (χ1n) is 7.43. The fourth-order valence-electron chi connectivity index (χ4n) is 2.04. The van der Waals surface area contributed by atoms with Gasteiger partial charge in [0.1, 0.15) is 5.75 Å². The monoisotopic (exact) mass is 315 g/mol. The molecule has 2 aromatic rings. The van der Waals surface area contributed by atoms with Gasteiger partial charge in [-0.15, -0.1) is 11.8 Å². The van der Waals surface area contributed by atoms with Crippen molar-refractivity contribution in [2.45, 2.75) is 13.3 Å². The lowest BCUT2D eigenvalue weighted by Crippen LogP contribution is -2.16. The van der Waals surface area contributed by atoms with Gasteiger partial charge in [-0.25, -0.2) is 0 Å². The van der Waals surface area contributed by atoms with E-state index in [2.05, 4.69) is 12.2 Å². The summed E-state index contributed by atoms with van der Waals surface area (Å²) >= 11 is 1.58. The van der Waals surface area contributed by atoms with Crippen LogP contribution >= 0.6 is 11.8 Å². The summed E-state index contributed by atoms with van der Waals surface area (Å²) in [5.74, 6) is 2.13. The van der Waals surface area contributed by atoms with Gasteiger partial charge in [0.15, 0.2) is 0 Å². The van der Waals surface area contributed by atoms with Gasteiger partial charge in [-0.1, -0.05) is 43.3 Å². The van der Waals surface area contributed by atoms with E-state index in [1.165, 1.54) is 0 Å². The third-order valence-corrected chi connectivity index (χ3v) is 4.07. The topological polar surface area (TPSA) is 38.3 Å². The first-order chi connectivity index (χ1) is 10.8.